The van der Waals surface area contributed by atoms with Crippen LogP contribution < -0.4 is 0 Å². The lowest BCUT2D eigenvalue weighted by Gasteiger charge is -2.25. The Balaban J connectivity index is 2.29. The number of thioether (sulfide) groups is 1. The first-order valence-electron chi connectivity index (χ1n) is 5.82. The van der Waals surface area contributed by atoms with Crippen LogP contribution in [0.1, 0.15) is 19.5 Å². The Bertz CT molecular complexity index is 376. The number of hydrogen-bond donors (Lipinski definition) is 1. The molecule has 0 aliphatic rings. The molecule has 1 heterocycles. The highest BCUT2D eigenvalue weighted by Crippen LogP contribution is 2.11. The number of hydrogen-bond acceptors (Lipinski definition) is 4. The molecule has 1 N–H and O–H groups in total. The van der Waals surface area contributed by atoms with Crippen LogP contribution in [0.3, 0.4) is 0 Å². The van der Waals surface area contributed by atoms with E-state index in [9.17, 15) is 9.90 Å². The maximum Gasteiger partial charge on any atom is 0.232 e. The molecule has 1 aromatic heterocycles. The van der Waals surface area contributed by atoms with Crippen LogP contribution in [0.5, 0.6) is 0 Å². The topological polar surface area (TPSA) is 53.4 Å². The zero-order valence-corrected chi connectivity index (χ0v) is 11.9. The summed E-state index contributed by atoms with van der Waals surface area (Å²) < 4.78 is 0. The van der Waals surface area contributed by atoms with Crippen LogP contribution in [0.4, 0.5) is 0 Å². The van der Waals surface area contributed by atoms with Crippen molar-refractivity contribution in [3.63, 3.8) is 0 Å². The molecule has 1 aromatic rings. The number of aromatic nitrogens is 1. The van der Waals surface area contributed by atoms with Crippen molar-refractivity contribution in [1.29, 1.82) is 0 Å². The van der Waals surface area contributed by atoms with Gasteiger partial charge < -0.3 is 10.0 Å². The molecule has 0 atom stereocenters. The normalized spacial score (nSPS) is 11.3. The van der Waals surface area contributed by atoms with Crippen LogP contribution in [0.2, 0.25) is 0 Å². The Morgan fingerprint density at radius 2 is 2.22 bits per heavy atom. The van der Waals surface area contributed by atoms with Gasteiger partial charge in [0.15, 0.2) is 0 Å². The van der Waals surface area contributed by atoms with Gasteiger partial charge in [-0.25, -0.2) is 0 Å². The quantitative estimate of drug-likeness (QED) is 0.850. The van der Waals surface area contributed by atoms with Gasteiger partial charge in [0.25, 0.3) is 0 Å². The fourth-order valence-corrected chi connectivity index (χ4v) is 2.38. The second-order valence-electron chi connectivity index (χ2n) is 4.88. The zero-order valence-electron chi connectivity index (χ0n) is 11.1. The van der Waals surface area contributed by atoms with E-state index in [0.29, 0.717) is 12.3 Å². The minimum atomic E-state index is -0.851. The van der Waals surface area contributed by atoms with Gasteiger partial charge >= 0.3 is 0 Å². The SMILES string of the molecule is CN(CC(C)(C)O)C(=O)CSCc1ccccn1. The molecule has 0 fully saturated rings. The first-order valence-corrected chi connectivity index (χ1v) is 6.98. The molecule has 0 unspecified atom stereocenters. The van der Waals surface area contributed by atoms with Crippen molar-refractivity contribution in [2.75, 3.05) is 19.3 Å². The molecule has 0 radical (unpaired) electrons. The second-order valence-corrected chi connectivity index (χ2v) is 5.86. The molecule has 18 heavy (non-hydrogen) atoms. The Hall–Kier alpha value is -1.07. The third kappa shape index (κ3) is 6.02. The maximum absolute atomic E-state index is 11.8. The maximum atomic E-state index is 11.8. The number of carbonyl (C=O) groups excluding carboxylic acids is 1. The van der Waals surface area contributed by atoms with Crippen LogP contribution in [-0.4, -0.2) is 45.8 Å². The Morgan fingerprint density at radius 3 is 2.78 bits per heavy atom. The first-order chi connectivity index (χ1) is 8.38. The van der Waals surface area contributed by atoms with Gasteiger partial charge in [-0.2, -0.15) is 0 Å². The van der Waals surface area contributed by atoms with Crippen LogP contribution >= 0.6 is 11.8 Å². The van der Waals surface area contributed by atoms with Crippen molar-refractivity contribution in [2.24, 2.45) is 0 Å². The minimum Gasteiger partial charge on any atom is -0.389 e. The highest BCUT2D eigenvalue weighted by molar-refractivity contribution is 7.99. The number of rotatable bonds is 6. The molecule has 0 aromatic carbocycles. The second kappa shape index (κ2) is 6.75. The number of amides is 1. The van der Waals surface area contributed by atoms with E-state index < -0.39 is 5.60 Å². The zero-order chi connectivity index (χ0) is 13.6. The van der Waals surface area contributed by atoms with Crippen LogP contribution in [0.15, 0.2) is 24.4 Å². The summed E-state index contributed by atoms with van der Waals surface area (Å²) in [6, 6.07) is 5.75. The molecule has 0 spiro atoms. The van der Waals surface area contributed by atoms with E-state index in [1.54, 1.807) is 32.0 Å². The lowest BCUT2D eigenvalue weighted by Crippen LogP contribution is -2.40. The molecule has 0 bridgehead atoms. The predicted molar refractivity (Wildman–Crippen MR) is 74.3 cm³/mol. The summed E-state index contributed by atoms with van der Waals surface area (Å²) in [6.07, 6.45) is 1.75. The van der Waals surface area contributed by atoms with Crippen molar-refractivity contribution in [1.82, 2.24) is 9.88 Å². The molecule has 1 rings (SSSR count). The summed E-state index contributed by atoms with van der Waals surface area (Å²) in [5.41, 5.74) is 0.122. The lowest BCUT2D eigenvalue weighted by molar-refractivity contribution is -0.129. The van der Waals surface area contributed by atoms with E-state index in [-0.39, 0.29) is 5.91 Å². The standard InChI is InChI=1S/C13H20N2O2S/c1-13(2,17)10-15(3)12(16)9-18-8-11-6-4-5-7-14-11/h4-7,17H,8-10H2,1-3H3. The van der Waals surface area contributed by atoms with Crippen molar-refractivity contribution in [3.8, 4) is 0 Å². The monoisotopic (exact) mass is 268 g/mol. The predicted octanol–water partition coefficient (Wildman–Crippen LogP) is 1.54. The number of aliphatic hydroxyl groups is 1. The number of pyridine rings is 1. The average Bonchev–Trinajstić information content (AvgIpc) is 2.28. The van der Waals surface area contributed by atoms with Crippen molar-refractivity contribution in [2.45, 2.75) is 25.2 Å². The summed E-state index contributed by atoms with van der Waals surface area (Å²) >= 11 is 1.53. The minimum absolute atomic E-state index is 0.0260. The van der Waals surface area contributed by atoms with E-state index in [0.717, 1.165) is 11.4 Å². The summed E-state index contributed by atoms with van der Waals surface area (Å²) in [5.74, 6) is 1.16. The largest absolute Gasteiger partial charge is 0.389 e. The van der Waals surface area contributed by atoms with Gasteiger partial charge in [-0.1, -0.05) is 6.07 Å². The average molecular weight is 268 g/mol. The first kappa shape index (κ1) is 15.0. The summed E-state index contributed by atoms with van der Waals surface area (Å²) in [4.78, 5) is 17.5. The van der Waals surface area contributed by atoms with Crippen molar-refractivity contribution >= 4 is 17.7 Å². The molecule has 1 amide bonds. The van der Waals surface area contributed by atoms with Gasteiger partial charge in [-0.15, -0.1) is 11.8 Å². The Labute approximate surface area is 112 Å². The van der Waals surface area contributed by atoms with Gasteiger partial charge in [-0.05, 0) is 26.0 Å². The van der Waals surface area contributed by atoms with Gasteiger partial charge in [0, 0.05) is 25.5 Å². The van der Waals surface area contributed by atoms with E-state index >= 15 is 0 Å². The Morgan fingerprint density at radius 1 is 1.50 bits per heavy atom. The summed E-state index contributed by atoms with van der Waals surface area (Å²) in [6.45, 7) is 3.73. The van der Waals surface area contributed by atoms with Crippen LogP contribution in [0.25, 0.3) is 0 Å². The molecule has 0 aliphatic carbocycles. The molecular formula is C13H20N2O2S. The van der Waals surface area contributed by atoms with Gasteiger partial charge in [0.2, 0.25) is 5.91 Å². The Kier molecular flexibility index (Phi) is 5.62. The smallest absolute Gasteiger partial charge is 0.232 e. The third-order valence-electron chi connectivity index (χ3n) is 2.25. The lowest BCUT2D eigenvalue weighted by atomic mass is 10.1. The van der Waals surface area contributed by atoms with E-state index in [1.807, 2.05) is 18.2 Å². The van der Waals surface area contributed by atoms with Gasteiger partial charge in [-0.3, -0.25) is 9.78 Å². The summed E-state index contributed by atoms with van der Waals surface area (Å²) in [7, 11) is 1.71. The highest BCUT2D eigenvalue weighted by Gasteiger charge is 2.19. The van der Waals surface area contributed by atoms with Gasteiger partial charge in [0.1, 0.15) is 0 Å². The van der Waals surface area contributed by atoms with Crippen LogP contribution in [-0.2, 0) is 10.5 Å². The highest BCUT2D eigenvalue weighted by atomic mass is 32.2. The molecule has 5 heteroatoms. The molecule has 4 nitrogen and oxygen atoms in total. The van der Waals surface area contributed by atoms with Gasteiger partial charge in [0.05, 0.1) is 17.0 Å². The van der Waals surface area contributed by atoms with Crippen LogP contribution in [0, 0.1) is 0 Å². The molecule has 100 valence electrons. The molecule has 0 aliphatic heterocycles. The van der Waals surface area contributed by atoms with Crippen molar-refractivity contribution < 1.29 is 9.90 Å². The van der Waals surface area contributed by atoms with Crippen molar-refractivity contribution in [3.05, 3.63) is 30.1 Å². The fourth-order valence-electron chi connectivity index (χ4n) is 1.51. The molecule has 0 saturated carbocycles. The van der Waals surface area contributed by atoms with E-state index in [1.165, 1.54) is 11.8 Å². The molecule has 0 saturated heterocycles. The number of carbonyl (C=O) groups is 1. The fraction of sp³-hybridized carbons (Fsp3) is 0.538. The summed E-state index contributed by atoms with van der Waals surface area (Å²) in [5, 5.41) is 9.63. The number of nitrogens with zero attached hydrogens (tertiary/aromatic N) is 2. The van der Waals surface area contributed by atoms with E-state index in [4.69, 9.17) is 0 Å². The number of likely N-dealkylation sites (N-methyl/N-ethyl adjacent to an activating group) is 1. The van der Waals surface area contributed by atoms with E-state index in [2.05, 4.69) is 4.98 Å². The molecular weight excluding hydrogens is 248 g/mol. The third-order valence-corrected chi connectivity index (χ3v) is 3.20.